The van der Waals surface area contributed by atoms with Gasteiger partial charge in [0.25, 0.3) is 0 Å². The fraction of sp³-hybridized carbons (Fsp3) is 0.250. The largest absolute Gasteiger partial charge is 0.358 e. The van der Waals surface area contributed by atoms with Crippen molar-refractivity contribution in [2.45, 2.75) is 13.5 Å². The Hall–Kier alpha value is -2.00. The quantitative estimate of drug-likeness (QED) is 0.738. The van der Waals surface area contributed by atoms with Gasteiger partial charge in [-0.05, 0) is 31.7 Å². The molecule has 0 radical (unpaired) electrons. The Balaban J connectivity index is 2.16. The number of aryl methyl sites for hydroxylation is 2. The van der Waals surface area contributed by atoms with Crippen LogP contribution in [0.5, 0.6) is 0 Å². The molecule has 0 aliphatic rings. The van der Waals surface area contributed by atoms with Crippen LogP contribution >= 0.6 is 0 Å². The number of nitrogens with zero attached hydrogens (tertiary/aromatic N) is 1. The summed E-state index contributed by atoms with van der Waals surface area (Å²) >= 11 is 0. The number of hydrogen-bond acceptors (Lipinski definition) is 1. The fourth-order valence-electron chi connectivity index (χ4n) is 2.68. The zero-order chi connectivity index (χ0) is 13.4. The van der Waals surface area contributed by atoms with Crippen molar-refractivity contribution in [1.82, 2.24) is 14.9 Å². The van der Waals surface area contributed by atoms with Crippen LogP contribution in [-0.4, -0.2) is 16.6 Å². The van der Waals surface area contributed by atoms with Crippen LogP contribution in [0.1, 0.15) is 11.3 Å². The monoisotopic (exact) mass is 253 g/mol. The number of aromatic nitrogens is 2. The van der Waals surface area contributed by atoms with Gasteiger partial charge in [0.1, 0.15) is 0 Å². The third-order valence-electron chi connectivity index (χ3n) is 3.68. The molecule has 2 heterocycles. The number of hydrogen-bond donors (Lipinski definition) is 2. The lowest BCUT2D eigenvalue weighted by atomic mass is 10.1. The van der Waals surface area contributed by atoms with E-state index in [0.717, 1.165) is 6.54 Å². The van der Waals surface area contributed by atoms with Crippen molar-refractivity contribution in [3.8, 4) is 11.3 Å². The van der Waals surface area contributed by atoms with Crippen LogP contribution in [0.15, 0.2) is 36.5 Å². The first-order chi connectivity index (χ1) is 9.20. The van der Waals surface area contributed by atoms with Crippen LogP contribution < -0.4 is 5.32 Å². The van der Waals surface area contributed by atoms with Gasteiger partial charge < -0.3 is 14.9 Å². The first kappa shape index (κ1) is 12.1. The minimum atomic E-state index is 0.896. The number of H-pyrrole nitrogens is 1. The van der Waals surface area contributed by atoms with E-state index in [2.05, 4.69) is 65.4 Å². The fourth-order valence-corrected chi connectivity index (χ4v) is 2.68. The second kappa shape index (κ2) is 4.59. The number of rotatable bonds is 3. The molecule has 0 aliphatic heterocycles. The molecule has 0 spiro atoms. The molecule has 2 N–H and O–H groups in total. The zero-order valence-electron chi connectivity index (χ0n) is 11.6. The van der Waals surface area contributed by atoms with Crippen LogP contribution in [0.3, 0.4) is 0 Å². The molecule has 3 rings (SSSR count). The van der Waals surface area contributed by atoms with Crippen molar-refractivity contribution < 1.29 is 0 Å². The highest BCUT2D eigenvalue weighted by Gasteiger charge is 2.11. The highest BCUT2D eigenvalue weighted by molar-refractivity contribution is 5.95. The number of benzene rings is 1. The minimum Gasteiger partial charge on any atom is -0.358 e. The van der Waals surface area contributed by atoms with Crippen molar-refractivity contribution in [2.75, 3.05) is 7.05 Å². The number of fused-ring (bicyclic) bond motifs is 1. The Labute approximate surface area is 113 Å². The Morgan fingerprint density at radius 1 is 1.26 bits per heavy atom. The molecule has 0 saturated carbocycles. The van der Waals surface area contributed by atoms with Gasteiger partial charge in [-0.1, -0.05) is 18.2 Å². The molecule has 0 amide bonds. The van der Waals surface area contributed by atoms with Gasteiger partial charge in [-0.2, -0.15) is 0 Å². The van der Waals surface area contributed by atoms with E-state index in [1.54, 1.807) is 0 Å². The standard InChI is InChI=1S/C16H19N3/c1-11-12(9-17-2)8-15(18-11)14-10-19(3)16-7-5-4-6-13(14)16/h4-8,10,17-18H,9H2,1-3H3. The van der Waals surface area contributed by atoms with Crippen molar-refractivity contribution in [3.05, 3.63) is 47.8 Å². The Morgan fingerprint density at radius 2 is 2.05 bits per heavy atom. The summed E-state index contributed by atoms with van der Waals surface area (Å²) in [5.41, 5.74) is 6.28. The van der Waals surface area contributed by atoms with Gasteiger partial charge in [-0.3, -0.25) is 0 Å². The molecule has 3 aromatic rings. The maximum Gasteiger partial charge on any atom is 0.0484 e. The second-order valence-electron chi connectivity index (χ2n) is 5.03. The van der Waals surface area contributed by atoms with Gasteiger partial charge in [0, 0.05) is 47.6 Å². The third kappa shape index (κ3) is 1.96. The normalized spacial score (nSPS) is 11.3. The summed E-state index contributed by atoms with van der Waals surface area (Å²) in [7, 11) is 4.07. The molecule has 19 heavy (non-hydrogen) atoms. The van der Waals surface area contributed by atoms with Crippen molar-refractivity contribution in [1.29, 1.82) is 0 Å². The zero-order valence-corrected chi connectivity index (χ0v) is 11.6. The Morgan fingerprint density at radius 3 is 2.84 bits per heavy atom. The molecule has 98 valence electrons. The summed E-state index contributed by atoms with van der Waals surface area (Å²) in [6.45, 7) is 3.02. The topological polar surface area (TPSA) is 32.8 Å². The molecule has 1 aromatic carbocycles. The summed E-state index contributed by atoms with van der Waals surface area (Å²) in [4.78, 5) is 3.50. The lowest BCUT2D eigenvalue weighted by Crippen LogP contribution is -2.04. The average molecular weight is 253 g/mol. The molecular formula is C16H19N3. The van der Waals surface area contributed by atoms with Gasteiger partial charge in [0.15, 0.2) is 0 Å². The lowest BCUT2D eigenvalue weighted by molar-refractivity contribution is 0.812. The number of nitrogens with one attached hydrogen (secondary N) is 2. The molecule has 0 atom stereocenters. The van der Waals surface area contributed by atoms with Crippen molar-refractivity contribution in [3.63, 3.8) is 0 Å². The van der Waals surface area contributed by atoms with Crippen LogP contribution in [-0.2, 0) is 13.6 Å². The average Bonchev–Trinajstić information content (AvgIpc) is 2.93. The predicted molar refractivity (Wildman–Crippen MR) is 80.2 cm³/mol. The summed E-state index contributed by atoms with van der Waals surface area (Å²) in [6.07, 6.45) is 2.19. The van der Waals surface area contributed by atoms with E-state index >= 15 is 0 Å². The highest BCUT2D eigenvalue weighted by Crippen LogP contribution is 2.30. The van der Waals surface area contributed by atoms with E-state index in [-0.39, 0.29) is 0 Å². The maximum absolute atomic E-state index is 3.50. The van der Waals surface area contributed by atoms with Crippen LogP contribution in [0.25, 0.3) is 22.2 Å². The molecule has 0 saturated heterocycles. The molecule has 0 fully saturated rings. The van der Waals surface area contributed by atoms with E-state index in [1.165, 1.54) is 33.4 Å². The summed E-state index contributed by atoms with van der Waals surface area (Å²) in [6, 6.07) is 10.8. The molecule has 0 bridgehead atoms. The molecule has 0 aliphatic carbocycles. The van der Waals surface area contributed by atoms with E-state index in [4.69, 9.17) is 0 Å². The molecule has 3 heteroatoms. The third-order valence-corrected chi connectivity index (χ3v) is 3.68. The SMILES string of the molecule is CNCc1cc(-c2cn(C)c3ccccc23)[nH]c1C. The molecule has 2 aromatic heterocycles. The first-order valence-corrected chi connectivity index (χ1v) is 6.58. The van der Waals surface area contributed by atoms with E-state index in [0.29, 0.717) is 0 Å². The number of aromatic amines is 1. The van der Waals surface area contributed by atoms with E-state index in [1.807, 2.05) is 7.05 Å². The predicted octanol–water partition coefficient (Wildman–Crippen LogP) is 3.20. The van der Waals surface area contributed by atoms with E-state index < -0.39 is 0 Å². The Bertz CT molecular complexity index is 719. The number of para-hydroxylation sites is 1. The second-order valence-corrected chi connectivity index (χ2v) is 5.03. The highest BCUT2D eigenvalue weighted by atomic mass is 14.9. The first-order valence-electron chi connectivity index (χ1n) is 6.58. The maximum atomic E-state index is 3.50. The summed E-state index contributed by atoms with van der Waals surface area (Å²) < 4.78 is 2.18. The van der Waals surface area contributed by atoms with E-state index in [9.17, 15) is 0 Å². The van der Waals surface area contributed by atoms with Crippen molar-refractivity contribution in [2.24, 2.45) is 7.05 Å². The van der Waals surface area contributed by atoms with Gasteiger partial charge in [-0.15, -0.1) is 0 Å². The van der Waals surface area contributed by atoms with Crippen molar-refractivity contribution >= 4 is 10.9 Å². The lowest BCUT2D eigenvalue weighted by Gasteiger charge is -1.95. The summed E-state index contributed by atoms with van der Waals surface area (Å²) in [5, 5.41) is 4.50. The Kier molecular flexibility index (Phi) is 2.91. The molecule has 3 nitrogen and oxygen atoms in total. The van der Waals surface area contributed by atoms with Gasteiger partial charge in [-0.25, -0.2) is 0 Å². The molecular weight excluding hydrogens is 234 g/mol. The van der Waals surface area contributed by atoms with Gasteiger partial charge in [0.2, 0.25) is 0 Å². The smallest absolute Gasteiger partial charge is 0.0484 e. The minimum absolute atomic E-state index is 0.896. The van der Waals surface area contributed by atoms with Gasteiger partial charge >= 0.3 is 0 Å². The summed E-state index contributed by atoms with van der Waals surface area (Å²) in [5.74, 6) is 0. The molecule has 0 unspecified atom stereocenters. The van der Waals surface area contributed by atoms with Crippen LogP contribution in [0.4, 0.5) is 0 Å². The van der Waals surface area contributed by atoms with Crippen LogP contribution in [0, 0.1) is 6.92 Å². The van der Waals surface area contributed by atoms with Gasteiger partial charge in [0.05, 0.1) is 0 Å². The van der Waals surface area contributed by atoms with Crippen LogP contribution in [0.2, 0.25) is 0 Å².